The number of halogens is 1. The van der Waals surface area contributed by atoms with Gasteiger partial charge in [-0.1, -0.05) is 29.8 Å². The SMILES string of the molecule is CCOc1ccccc1OCC(=O)OCC(=O)Nc1ccc(C)cc1Cl. The molecule has 2 aromatic rings. The van der Waals surface area contributed by atoms with Crippen molar-refractivity contribution in [1.82, 2.24) is 0 Å². The molecule has 0 saturated heterocycles. The molecule has 0 fully saturated rings. The number of amides is 1. The maximum absolute atomic E-state index is 11.9. The number of esters is 1. The van der Waals surface area contributed by atoms with Crippen molar-refractivity contribution in [3.05, 3.63) is 53.1 Å². The average molecular weight is 378 g/mol. The van der Waals surface area contributed by atoms with Gasteiger partial charge in [-0.2, -0.15) is 0 Å². The van der Waals surface area contributed by atoms with Gasteiger partial charge in [-0.3, -0.25) is 4.79 Å². The van der Waals surface area contributed by atoms with E-state index in [4.69, 9.17) is 25.8 Å². The summed E-state index contributed by atoms with van der Waals surface area (Å²) in [5.74, 6) is -0.183. The molecule has 26 heavy (non-hydrogen) atoms. The minimum Gasteiger partial charge on any atom is -0.490 e. The van der Waals surface area contributed by atoms with Crippen molar-refractivity contribution >= 4 is 29.2 Å². The number of para-hydroxylation sites is 2. The van der Waals surface area contributed by atoms with Crippen LogP contribution in [0.3, 0.4) is 0 Å². The van der Waals surface area contributed by atoms with Crippen LogP contribution in [0.5, 0.6) is 11.5 Å². The van der Waals surface area contributed by atoms with Crippen LogP contribution in [0.1, 0.15) is 12.5 Å². The van der Waals surface area contributed by atoms with Crippen LogP contribution in [0, 0.1) is 6.92 Å². The highest BCUT2D eigenvalue weighted by Gasteiger charge is 2.12. The van der Waals surface area contributed by atoms with E-state index in [1.54, 1.807) is 36.4 Å². The lowest BCUT2D eigenvalue weighted by atomic mass is 10.2. The quantitative estimate of drug-likeness (QED) is 0.711. The Morgan fingerprint density at radius 3 is 2.38 bits per heavy atom. The second-order valence-corrected chi connectivity index (χ2v) is 5.77. The normalized spacial score (nSPS) is 10.1. The fourth-order valence-corrected chi connectivity index (χ4v) is 2.36. The number of carbonyl (C=O) groups excluding carboxylic acids is 2. The van der Waals surface area contributed by atoms with Crippen molar-refractivity contribution in [2.24, 2.45) is 0 Å². The van der Waals surface area contributed by atoms with Crippen molar-refractivity contribution < 1.29 is 23.8 Å². The van der Waals surface area contributed by atoms with E-state index >= 15 is 0 Å². The topological polar surface area (TPSA) is 73.9 Å². The van der Waals surface area contributed by atoms with Gasteiger partial charge >= 0.3 is 5.97 Å². The van der Waals surface area contributed by atoms with Gasteiger partial charge in [0.1, 0.15) is 0 Å². The summed E-state index contributed by atoms with van der Waals surface area (Å²) in [6.07, 6.45) is 0. The molecule has 6 nitrogen and oxygen atoms in total. The van der Waals surface area contributed by atoms with Gasteiger partial charge in [-0.05, 0) is 43.7 Å². The smallest absolute Gasteiger partial charge is 0.344 e. The van der Waals surface area contributed by atoms with E-state index in [2.05, 4.69) is 5.32 Å². The van der Waals surface area contributed by atoms with Crippen LogP contribution in [0.4, 0.5) is 5.69 Å². The van der Waals surface area contributed by atoms with Crippen molar-refractivity contribution in [2.45, 2.75) is 13.8 Å². The first kappa shape index (κ1) is 19.6. The summed E-state index contributed by atoms with van der Waals surface area (Å²) in [5.41, 5.74) is 1.43. The van der Waals surface area contributed by atoms with Gasteiger partial charge in [-0.15, -0.1) is 0 Å². The van der Waals surface area contributed by atoms with Crippen LogP contribution >= 0.6 is 11.6 Å². The number of hydrogen-bond acceptors (Lipinski definition) is 5. The van der Waals surface area contributed by atoms with Gasteiger partial charge in [0, 0.05) is 0 Å². The lowest BCUT2D eigenvalue weighted by molar-refractivity contribution is -0.149. The molecule has 2 aromatic carbocycles. The van der Waals surface area contributed by atoms with E-state index in [1.165, 1.54) is 0 Å². The molecule has 0 atom stereocenters. The van der Waals surface area contributed by atoms with E-state index in [0.717, 1.165) is 5.56 Å². The number of anilines is 1. The van der Waals surface area contributed by atoms with E-state index in [0.29, 0.717) is 28.8 Å². The maximum atomic E-state index is 11.9. The van der Waals surface area contributed by atoms with Crippen LogP contribution in [0.15, 0.2) is 42.5 Å². The molecule has 138 valence electrons. The summed E-state index contributed by atoms with van der Waals surface area (Å²) in [6, 6.07) is 12.2. The highest BCUT2D eigenvalue weighted by atomic mass is 35.5. The van der Waals surface area contributed by atoms with Crippen molar-refractivity contribution in [3.63, 3.8) is 0 Å². The van der Waals surface area contributed by atoms with Gasteiger partial charge in [0.15, 0.2) is 24.7 Å². The van der Waals surface area contributed by atoms with E-state index in [9.17, 15) is 9.59 Å². The molecule has 1 N–H and O–H groups in total. The Kier molecular flexibility index (Phi) is 7.29. The van der Waals surface area contributed by atoms with Crippen molar-refractivity contribution in [3.8, 4) is 11.5 Å². The summed E-state index contributed by atoms with van der Waals surface area (Å²) in [6.45, 7) is 3.46. The number of carbonyl (C=O) groups is 2. The zero-order valence-electron chi connectivity index (χ0n) is 14.6. The minimum absolute atomic E-state index is 0.331. The van der Waals surface area contributed by atoms with Crippen LogP contribution in [-0.4, -0.2) is 31.7 Å². The maximum Gasteiger partial charge on any atom is 0.344 e. The molecule has 0 bridgehead atoms. The average Bonchev–Trinajstić information content (AvgIpc) is 2.62. The van der Waals surface area contributed by atoms with Crippen molar-refractivity contribution in [1.29, 1.82) is 0 Å². The third-order valence-corrected chi connectivity index (χ3v) is 3.57. The number of aryl methyl sites for hydroxylation is 1. The molecule has 0 radical (unpaired) electrons. The van der Waals surface area contributed by atoms with Gasteiger partial charge in [-0.25, -0.2) is 4.79 Å². The lowest BCUT2D eigenvalue weighted by Crippen LogP contribution is -2.23. The van der Waals surface area contributed by atoms with Gasteiger partial charge < -0.3 is 19.5 Å². The third-order valence-electron chi connectivity index (χ3n) is 3.26. The van der Waals surface area contributed by atoms with Crippen LogP contribution < -0.4 is 14.8 Å². The monoisotopic (exact) mass is 377 g/mol. The molecular formula is C19H20ClNO5. The molecule has 0 aliphatic heterocycles. The Labute approximate surface area is 157 Å². The predicted molar refractivity (Wildman–Crippen MR) is 98.9 cm³/mol. The second kappa shape index (κ2) is 9.68. The van der Waals surface area contributed by atoms with E-state index in [1.807, 2.05) is 19.9 Å². The third kappa shape index (κ3) is 5.97. The van der Waals surface area contributed by atoms with E-state index in [-0.39, 0.29) is 6.61 Å². The Morgan fingerprint density at radius 2 is 1.73 bits per heavy atom. The Morgan fingerprint density at radius 1 is 1.04 bits per heavy atom. The van der Waals surface area contributed by atoms with Crippen LogP contribution in [0.25, 0.3) is 0 Å². The molecule has 1 amide bonds. The highest BCUT2D eigenvalue weighted by molar-refractivity contribution is 6.33. The van der Waals surface area contributed by atoms with Gasteiger partial charge in [0.25, 0.3) is 5.91 Å². The molecule has 0 aliphatic carbocycles. The number of rotatable bonds is 8. The fourth-order valence-electron chi connectivity index (χ4n) is 2.08. The largest absolute Gasteiger partial charge is 0.490 e. The molecule has 2 rings (SSSR count). The van der Waals surface area contributed by atoms with Gasteiger partial charge in [0.05, 0.1) is 17.3 Å². The Hall–Kier alpha value is -2.73. The fraction of sp³-hybridized carbons (Fsp3) is 0.263. The highest BCUT2D eigenvalue weighted by Crippen LogP contribution is 2.26. The molecule has 0 unspecified atom stereocenters. The minimum atomic E-state index is -0.665. The predicted octanol–water partition coefficient (Wildman–Crippen LogP) is 3.61. The summed E-state index contributed by atoms with van der Waals surface area (Å²) < 4.78 is 15.7. The van der Waals surface area contributed by atoms with Crippen molar-refractivity contribution in [2.75, 3.05) is 25.1 Å². The molecule has 0 heterocycles. The zero-order valence-corrected chi connectivity index (χ0v) is 15.3. The van der Waals surface area contributed by atoms with Crippen LogP contribution in [-0.2, 0) is 14.3 Å². The first-order chi connectivity index (χ1) is 12.5. The van der Waals surface area contributed by atoms with E-state index < -0.39 is 18.5 Å². The summed E-state index contributed by atoms with van der Waals surface area (Å²) in [5, 5.41) is 3.00. The summed E-state index contributed by atoms with van der Waals surface area (Å²) >= 11 is 6.04. The number of nitrogens with one attached hydrogen (secondary N) is 1. The molecule has 0 spiro atoms. The first-order valence-electron chi connectivity index (χ1n) is 8.06. The van der Waals surface area contributed by atoms with Gasteiger partial charge in [0.2, 0.25) is 0 Å². The Bertz CT molecular complexity index is 778. The first-order valence-corrected chi connectivity index (χ1v) is 8.43. The standard InChI is InChI=1S/C19H20ClNO5/c1-3-24-16-6-4-5-7-17(16)25-12-19(23)26-11-18(22)21-15-9-8-13(2)10-14(15)20/h4-10H,3,11-12H2,1-2H3,(H,21,22). The zero-order chi connectivity index (χ0) is 18.9. The molecular weight excluding hydrogens is 358 g/mol. The summed E-state index contributed by atoms with van der Waals surface area (Å²) in [4.78, 5) is 23.6. The molecule has 7 heteroatoms. The molecule has 0 saturated carbocycles. The number of hydrogen-bond donors (Lipinski definition) is 1. The Balaban J connectivity index is 1.79. The number of ether oxygens (including phenoxy) is 3. The van der Waals surface area contributed by atoms with Crippen LogP contribution in [0.2, 0.25) is 5.02 Å². The molecule has 0 aliphatic rings. The number of benzene rings is 2. The lowest BCUT2D eigenvalue weighted by Gasteiger charge is -2.11. The second-order valence-electron chi connectivity index (χ2n) is 5.36. The summed E-state index contributed by atoms with van der Waals surface area (Å²) in [7, 11) is 0. The molecule has 0 aromatic heterocycles.